The molecule has 0 unspecified atom stereocenters. The molecule has 0 amide bonds. The second-order valence-electron chi connectivity index (χ2n) is 5.40. The van der Waals surface area contributed by atoms with Crippen LogP contribution in [-0.4, -0.2) is 21.1 Å². The molecule has 2 heterocycles. The van der Waals surface area contributed by atoms with Crippen LogP contribution in [0.2, 0.25) is 0 Å². The fraction of sp³-hybridized carbons (Fsp3) is 0.438. The lowest BCUT2D eigenvalue weighted by atomic mass is 10.2. The molecule has 0 atom stereocenters. The van der Waals surface area contributed by atoms with Crippen LogP contribution in [0.4, 0.5) is 5.82 Å². The topological polar surface area (TPSA) is 59.8 Å². The first-order valence-electron chi connectivity index (χ1n) is 7.54. The van der Waals surface area contributed by atoms with Crippen molar-refractivity contribution < 1.29 is 0 Å². The maximum Gasteiger partial charge on any atom is 0.251 e. The smallest absolute Gasteiger partial charge is 0.251 e. The van der Waals surface area contributed by atoms with Gasteiger partial charge in [-0.25, -0.2) is 4.98 Å². The maximum absolute atomic E-state index is 12.1. The van der Waals surface area contributed by atoms with Crippen molar-refractivity contribution in [3.63, 3.8) is 0 Å². The Morgan fingerprint density at radius 1 is 1.24 bits per heavy atom. The van der Waals surface area contributed by atoms with E-state index < -0.39 is 0 Å². The van der Waals surface area contributed by atoms with E-state index in [9.17, 15) is 4.79 Å². The molecular formula is C16H20N4O. The Balaban J connectivity index is 1.81. The summed E-state index contributed by atoms with van der Waals surface area (Å²) in [6, 6.07) is 3.62. The molecular weight excluding hydrogens is 264 g/mol. The third kappa shape index (κ3) is 2.96. The highest BCUT2D eigenvalue weighted by molar-refractivity contribution is 5.31. The summed E-state index contributed by atoms with van der Waals surface area (Å²) in [5, 5.41) is 3.20. The standard InChI is InChI=1S/C16H20N4O/c1-2-8-17-15-10-18-13(9-19-15)11-20-14-5-3-4-12(14)6-7-16(20)21/h6-7,9-10H,2-5,8,11H2,1H3,(H,17,19). The lowest BCUT2D eigenvalue weighted by Crippen LogP contribution is -2.23. The largest absolute Gasteiger partial charge is 0.369 e. The first kappa shape index (κ1) is 13.8. The second kappa shape index (κ2) is 6.08. The van der Waals surface area contributed by atoms with Gasteiger partial charge in [-0.2, -0.15) is 0 Å². The Morgan fingerprint density at radius 2 is 2.14 bits per heavy atom. The summed E-state index contributed by atoms with van der Waals surface area (Å²) in [6.07, 6.45) is 7.72. The number of aromatic nitrogens is 3. The highest BCUT2D eigenvalue weighted by atomic mass is 16.1. The molecule has 0 spiro atoms. The molecule has 0 saturated heterocycles. The number of hydrogen-bond acceptors (Lipinski definition) is 4. The number of nitrogens with one attached hydrogen (secondary N) is 1. The molecule has 0 saturated carbocycles. The van der Waals surface area contributed by atoms with E-state index in [2.05, 4.69) is 22.2 Å². The van der Waals surface area contributed by atoms with E-state index in [0.717, 1.165) is 49.4 Å². The zero-order valence-corrected chi connectivity index (χ0v) is 12.3. The summed E-state index contributed by atoms with van der Waals surface area (Å²) >= 11 is 0. The van der Waals surface area contributed by atoms with Gasteiger partial charge in [-0.05, 0) is 31.2 Å². The molecule has 0 bridgehead atoms. The molecule has 5 nitrogen and oxygen atoms in total. The van der Waals surface area contributed by atoms with Crippen LogP contribution in [0, 0.1) is 0 Å². The Morgan fingerprint density at radius 3 is 2.90 bits per heavy atom. The average Bonchev–Trinajstić information content (AvgIpc) is 2.98. The zero-order valence-electron chi connectivity index (χ0n) is 12.3. The van der Waals surface area contributed by atoms with Crippen molar-refractivity contribution in [1.82, 2.24) is 14.5 Å². The van der Waals surface area contributed by atoms with Gasteiger partial charge >= 0.3 is 0 Å². The van der Waals surface area contributed by atoms with Crippen molar-refractivity contribution in [2.75, 3.05) is 11.9 Å². The Bertz CT molecular complexity index is 676. The summed E-state index contributed by atoms with van der Waals surface area (Å²) in [5.41, 5.74) is 3.33. The van der Waals surface area contributed by atoms with E-state index in [0.29, 0.717) is 6.54 Å². The Hall–Kier alpha value is -2.17. The van der Waals surface area contributed by atoms with Gasteiger partial charge in [0.25, 0.3) is 5.56 Å². The number of rotatable bonds is 5. The molecule has 3 rings (SSSR count). The fourth-order valence-electron chi connectivity index (χ4n) is 2.75. The number of fused-ring (bicyclic) bond motifs is 1. The van der Waals surface area contributed by atoms with Crippen LogP contribution in [0.1, 0.15) is 36.7 Å². The van der Waals surface area contributed by atoms with E-state index >= 15 is 0 Å². The van der Waals surface area contributed by atoms with Crippen LogP contribution in [0.5, 0.6) is 0 Å². The Labute approximate surface area is 124 Å². The predicted octanol–water partition coefficient (Wildman–Crippen LogP) is 2.00. The molecule has 21 heavy (non-hydrogen) atoms. The van der Waals surface area contributed by atoms with Gasteiger partial charge in [0.1, 0.15) is 5.82 Å². The van der Waals surface area contributed by atoms with E-state index in [-0.39, 0.29) is 5.56 Å². The average molecular weight is 284 g/mol. The van der Waals surface area contributed by atoms with Gasteiger partial charge in [0.05, 0.1) is 24.6 Å². The van der Waals surface area contributed by atoms with Crippen LogP contribution in [0.3, 0.4) is 0 Å². The molecule has 2 aromatic rings. The Kier molecular flexibility index (Phi) is 3.99. The van der Waals surface area contributed by atoms with Gasteiger partial charge in [0.2, 0.25) is 0 Å². The molecule has 1 N–H and O–H groups in total. The summed E-state index contributed by atoms with van der Waals surface area (Å²) in [6.45, 7) is 3.50. The molecule has 1 aliphatic rings. The minimum Gasteiger partial charge on any atom is -0.369 e. The van der Waals surface area contributed by atoms with Crippen molar-refractivity contribution >= 4 is 5.82 Å². The molecule has 1 aliphatic carbocycles. The first-order chi connectivity index (χ1) is 10.3. The fourth-order valence-corrected chi connectivity index (χ4v) is 2.75. The third-order valence-corrected chi connectivity index (χ3v) is 3.83. The van der Waals surface area contributed by atoms with Crippen LogP contribution >= 0.6 is 0 Å². The summed E-state index contributed by atoms with van der Waals surface area (Å²) in [5.74, 6) is 0.784. The van der Waals surface area contributed by atoms with Crippen molar-refractivity contribution in [3.8, 4) is 0 Å². The highest BCUT2D eigenvalue weighted by Crippen LogP contribution is 2.20. The lowest BCUT2D eigenvalue weighted by Gasteiger charge is -2.11. The third-order valence-electron chi connectivity index (χ3n) is 3.83. The van der Waals surface area contributed by atoms with Gasteiger partial charge in [-0.15, -0.1) is 0 Å². The zero-order chi connectivity index (χ0) is 14.7. The van der Waals surface area contributed by atoms with Gasteiger partial charge in [-0.1, -0.05) is 13.0 Å². The van der Waals surface area contributed by atoms with Gasteiger partial charge in [0.15, 0.2) is 0 Å². The van der Waals surface area contributed by atoms with E-state index in [1.807, 2.05) is 10.6 Å². The van der Waals surface area contributed by atoms with Crippen molar-refractivity contribution in [3.05, 3.63) is 51.8 Å². The highest BCUT2D eigenvalue weighted by Gasteiger charge is 2.16. The number of pyridine rings is 1. The van der Waals surface area contributed by atoms with Crippen LogP contribution < -0.4 is 10.9 Å². The van der Waals surface area contributed by atoms with E-state index in [1.54, 1.807) is 18.5 Å². The quantitative estimate of drug-likeness (QED) is 0.912. The monoisotopic (exact) mass is 284 g/mol. The lowest BCUT2D eigenvalue weighted by molar-refractivity contribution is 0.690. The second-order valence-corrected chi connectivity index (χ2v) is 5.40. The SMILES string of the molecule is CCCNc1cnc(Cn2c3c(ccc2=O)CCC3)cn1. The minimum absolute atomic E-state index is 0.0469. The van der Waals surface area contributed by atoms with E-state index in [1.165, 1.54) is 5.56 Å². The molecule has 2 aromatic heterocycles. The van der Waals surface area contributed by atoms with Gasteiger partial charge in [-0.3, -0.25) is 9.78 Å². The van der Waals surface area contributed by atoms with Crippen LogP contribution in [-0.2, 0) is 19.4 Å². The molecule has 5 heteroatoms. The van der Waals surface area contributed by atoms with Crippen LogP contribution in [0.25, 0.3) is 0 Å². The summed E-state index contributed by atoms with van der Waals surface area (Å²) < 4.78 is 1.84. The molecule has 0 aromatic carbocycles. The number of hydrogen-bond donors (Lipinski definition) is 1. The number of anilines is 1. The van der Waals surface area contributed by atoms with Gasteiger partial charge < -0.3 is 9.88 Å². The summed E-state index contributed by atoms with van der Waals surface area (Å²) in [7, 11) is 0. The van der Waals surface area contributed by atoms with Gasteiger partial charge in [0, 0.05) is 18.3 Å². The first-order valence-corrected chi connectivity index (χ1v) is 7.54. The predicted molar refractivity (Wildman–Crippen MR) is 82.6 cm³/mol. The summed E-state index contributed by atoms with van der Waals surface area (Å²) in [4.78, 5) is 20.8. The van der Waals surface area contributed by atoms with Crippen LogP contribution in [0.15, 0.2) is 29.3 Å². The molecule has 0 aliphatic heterocycles. The number of nitrogens with zero attached hydrogens (tertiary/aromatic N) is 3. The molecule has 110 valence electrons. The molecule has 0 fully saturated rings. The maximum atomic E-state index is 12.1. The normalized spacial score (nSPS) is 13.2. The van der Waals surface area contributed by atoms with Crippen molar-refractivity contribution in [2.24, 2.45) is 0 Å². The molecule has 0 radical (unpaired) electrons. The minimum atomic E-state index is 0.0469. The number of aryl methyl sites for hydroxylation is 1. The van der Waals surface area contributed by atoms with Crippen molar-refractivity contribution in [1.29, 1.82) is 0 Å². The van der Waals surface area contributed by atoms with E-state index in [4.69, 9.17) is 0 Å². The van der Waals surface area contributed by atoms with Crippen molar-refractivity contribution in [2.45, 2.75) is 39.2 Å².